The van der Waals surface area contributed by atoms with E-state index in [1.807, 2.05) is 0 Å². The molecule has 0 spiro atoms. The summed E-state index contributed by atoms with van der Waals surface area (Å²) in [5.41, 5.74) is 0. The van der Waals surface area contributed by atoms with Gasteiger partial charge in [-0.2, -0.15) is 0 Å². The molecule has 0 aromatic carbocycles. The van der Waals surface area contributed by atoms with Crippen LogP contribution in [0.2, 0.25) is 0 Å². The monoisotopic (exact) mass is 213 g/mol. The lowest BCUT2D eigenvalue weighted by Crippen LogP contribution is -2.49. The topological polar surface area (TPSA) is 18.5 Å². The molecule has 15 heavy (non-hydrogen) atoms. The SMILES string of the molecule is CCNCCC(C)N1CCN(CC)CC1. The summed E-state index contributed by atoms with van der Waals surface area (Å²) in [6.07, 6.45) is 1.28. The highest BCUT2D eigenvalue weighted by Gasteiger charge is 2.19. The predicted octanol–water partition coefficient (Wildman–Crippen LogP) is 1.01. The third-order valence-corrected chi connectivity index (χ3v) is 3.47. The molecule has 1 N–H and O–H groups in total. The summed E-state index contributed by atoms with van der Waals surface area (Å²) in [4.78, 5) is 5.16. The zero-order chi connectivity index (χ0) is 11.1. The van der Waals surface area contributed by atoms with Crippen LogP contribution in [0.1, 0.15) is 27.2 Å². The number of nitrogens with one attached hydrogen (secondary N) is 1. The minimum absolute atomic E-state index is 0.739. The lowest BCUT2D eigenvalue weighted by Gasteiger charge is -2.37. The number of likely N-dealkylation sites (N-methyl/N-ethyl adjacent to an activating group) is 1. The standard InChI is InChI=1S/C12H27N3/c1-4-13-7-6-12(3)15-10-8-14(5-2)9-11-15/h12-13H,4-11H2,1-3H3. The second-order valence-corrected chi connectivity index (χ2v) is 4.46. The lowest BCUT2D eigenvalue weighted by molar-refractivity contribution is 0.102. The molecule has 0 amide bonds. The predicted molar refractivity (Wildman–Crippen MR) is 66.3 cm³/mol. The average Bonchev–Trinajstić information content (AvgIpc) is 2.29. The van der Waals surface area contributed by atoms with Gasteiger partial charge in [-0.05, 0) is 33.0 Å². The Kier molecular flexibility index (Phi) is 6.22. The highest BCUT2D eigenvalue weighted by atomic mass is 15.3. The first-order valence-corrected chi connectivity index (χ1v) is 6.45. The number of nitrogens with zero attached hydrogens (tertiary/aromatic N) is 2. The molecular weight excluding hydrogens is 186 g/mol. The summed E-state index contributed by atoms with van der Waals surface area (Å²) in [6.45, 7) is 15.3. The molecule has 1 aliphatic rings. The van der Waals surface area contributed by atoms with Gasteiger partial charge in [0.25, 0.3) is 0 Å². The first-order chi connectivity index (χ1) is 7.27. The lowest BCUT2D eigenvalue weighted by atomic mass is 10.1. The Morgan fingerprint density at radius 2 is 1.80 bits per heavy atom. The van der Waals surface area contributed by atoms with Crippen LogP contribution in [-0.2, 0) is 0 Å². The van der Waals surface area contributed by atoms with Gasteiger partial charge in [0.1, 0.15) is 0 Å². The Balaban J connectivity index is 2.15. The molecular formula is C12H27N3. The average molecular weight is 213 g/mol. The van der Waals surface area contributed by atoms with Crippen molar-refractivity contribution in [3.8, 4) is 0 Å². The highest BCUT2D eigenvalue weighted by molar-refractivity contribution is 4.75. The summed E-state index contributed by atoms with van der Waals surface area (Å²) in [5, 5.41) is 3.40. The van der Waals surface area contributed by atoms with Crippen LogP contribution in [-0.4, -0.2) is 61.7 Å². The molecule has 0 aliphatic carbocycles. The Morgan fingerprint density at radius 3 is 2.33 bits per heavy atom. The van der Waals surface area contributed by atoms with E-state index in [1.165, 1.54) is 39.1 Å². The third kappa shape index (κ3) is 4.49. The number of piperazine rings is 1. The number of hydrogen-bond acceptors (Lipinski definition) is 3. The van der Waals surface area contributed by atoms with E-state index in [0.717, 1.165) is 19.1 Å². The van der Waals surface area contributed by atoms with Crippen molar-refractivity contribution >= 4 is 0 Å². The van der Waals surface area contributed by atoms with Crippen molar-refractivity contribution in [1.82, 2.24) is 15.1 Å². The van der Waals surface area contributed by atoms with Crippen molar-refractivity contribution in [1.29, 1.82) is 0 Å². The van der Waals surface area contributed by atoms with Gasteiger partial charge in [-0.3, -0.25) is 4.90 Å². The molecule has 3 heteroatoms. The summed E-state index contributed by atoms with van der Waals surface area (Å²) >= 11 is 0. The molecule has 1 unspecified atom stereocenters. The second kappa shape index (κ2) is 7.20. The van der Waals surface area contributed by atoms with E-state index in [9.17, 15) is 0 Å². The van der Waals surface area contributed by atoms with Gasteiger partial charge in [0.05, 0.1) is 0 Å². The third-order valence-electron chi connectivity index (χ3n) is 3.47. The Labute approximate surface area is 94.8 Å². The highest BCUT2D eigenvalue weighted by Crippen LogP contribution is 2.08. The molecule has 1 saturated heterocycles. The molecule has 0 saturated carbocycles. The maximum absolute atomic E-state index is 3.40. The van der Waals surface area contributed by atoms with Gasteiger partial charge < -0.3 is 10.2 Å². The van der Waals surface area contributed by atoms with Gasteiger partial charge in [0.2, 0.25) is 0 Å². The zero-order valence-electron chi connectivity index (χ0n) is 10.6. The fourth-order valence-electron chi connectivity index (χ4n) is 2.19. The van der Waals surface area contributed by atoms with Crippen molar-refractivity contribution in [2.45, 2.75) is 33.2 Å². The van der Waals surface area contributed by atoms with E-state index in [0.29, 0.717) is 0 Å². The van der Waals surface area contributed by atoms with Crippen molar-refractivity contribution in [3.05, 3.63) is 0 Å². The number of hydrogen-bond donors (Lipinski definition) is 1. The van der Waals surface area contributed by atoms with Gasteiger partial charge in [0, 0.05) is 32.2 Å². The Bertz CT molecular complexity index is 153. The van der Waals surface area contributed by atoms with E-state index in [-0.39, 0.29) is 0 Å². The van der Waals surface area contributed by atoms with E-state index < -0.39 is 0 Å². The molecule has 3 nitrogen and oxygen atoms in total. The van der Waals surface area contributed by atoms with Gasteiger partial charge in [-0.15, -0.1) is 0 Å². The molecule has 0 aromatic heterocycles. The van der Waals surface area contributed by atoms with Crippen molar-refractivity contribution in [2.24, 2.45) is 0 Å². The van der Waals surface area contributed by atoms with Crippen LogP contribution in [0.25, 0.3) is 0 Å². The van der Waals surface area contributed by atoms with Crippen LogP contribution >= 0.6 is 0 Å². The summed E-state index contributed by atoms with van der Waals surface area (Å²) in [5.74, 6) is 0. The molecule has 0 bridgehead atoms. The minimum atomic E-state index is 0.739. The van der Waals surface area contributed by atoms with Crippen LogP contribution in [0, 0.1) is 0 Å². The maximum Gasteiger partial charge on any atom is 0.0113 e. The quantitative estimate of drug-likeness (QED) is 0.664. The molecule has 0 radical (unpaired) electrons. The molecule has 1 fully saturated rings. The van der Waals surface area contributed by atoms with E-state index in [2.05, 4.69) is 35.9 Å². The van der Waals surface area contributed by atoms with E-state index in [4.69, 9.17) is 0 Å². The van der Waals surface area contributed by atoms with E-state index >= 15 is 0 Å². The second-order valence-electron chi connectivity index (χ2n) is 4.46. The van der Waals surface area contributed by atoms with E-state index in [1.54, 1.807) is 0 Å². The molecule has 0 aromatic rings. The van der Waals surface area contributed by atoms with Gasteiger partial charge >= 0.3 is 0 Å². The van der Waals surface area contributed by atoms with Crippen molar-refractivity contribution in [3.63, 3.8) is 0 Å². The summed E-state index contributed by atoms with van der Waals surface area (Å²) in [7, 11) is 0. The van der Waals surface area contributed by atoms with Crippen LogP contribution < -0.4 is 5.32 Å². The van der Waals surface area contributed by atoms with Crippen molar-refractivity contribution in [2.75, 3.05) is 45.8 Å². The zero-order valence-corrected chi connectivity index (χ0v) is 10.6. The van der Waals surface area contributed by atoms with Gasteiger partial charge in [-0.1, -0.05) is 13.8 Å². The first-order valence-electron chi connectivity index (χ1n) is 6.45. The van der Waals surface area contributed by atoms with Gasteiger partial charge in [0.15, 0.2) is 0 Å². The smallest absolute Gasteiger partial charge is 0.0113 e. The van der Waals surface area contributed by atoms with Crippen molar-refractivity contribution < 1.29 is 0 Å². The Hall–Kier alpha value is -0.120. The summed E-state index contributed by atoms with van der Waals surface area (Å²) < 4.78 is 0. The van der Waals surface area contributed by atoms with Crippen LogP contribution in [0.15, 0.2) is 0 Å². The normalized spacial score (nSPS) is 21.8. The largest absolute Gasteiger partial charge is 0.317 e. The van der Waals surface area contributed by atoms with Gasteiger partial charge in [-0.25, -0.2) is 0 Å². The molecule has 1 heterocycles. The summed E-state index contributed by atoms with van der Waals surface area (Å²) in [6, 6.07) is 0.739. The molecule has 1 aliphatic heterocycles. The first kappa shape index (κ1) is 12.9. The fourth-order valence-corrected chi connectivity index (χ4v) is 2.19. The number of rotatable bonds is 6. The minimum Gasteiger partial charge on any atom is -0.317 e. The molecule has 90 valence electrons. The fraction of sp³-hybridized carbons (Fsp3) is 1.00. The molecule has 1 atom stereocenters. The Morgan fingerprint density at radius 1 is 1.13 bits per heavy atom. The van der Waals surface area contributed by atoms with Crippen LogP contribution in [0.5, 0.6) is 0 Å². The maximum atomic E-state index is 3.40. The molecule has 1 rings (SSSR count). The van der Waals surface area contributed by atoms with Crippen LogP contribution in [0.4, 0.5) is 0 Å². The van der Waals surface area contributed by atoms with Crippen LogP contribution in [0.3, 0.4) is 0 Å².